The van der Waals surface area contributed by atoms with E-state index in [-0.39, 0.29) is 5.91 Å². The van der Waals surface area contributed by atoms with Gasteiger partial charge in [-0.1, -0.05) is 0 Å². The van der Waals surface area contributed by atoms with Crippen molar-refractivity contribution in [1.29, 1.82) is 0 Å². The molecule has 2 aromatic rings. The number of likely N-dealkylation sites (tertiary alicyclic amines) is 1. The minimum atomic E-state index is 0.0827. The highest BCUT2D eigenvalue weighted by Gasteiger charge is 2.49. The number of nitrogens with zero attached hydrogens (tertiary/aromatic N) is 4. The topological polar surface area (TPSA) is 50.5 Å². The number of carbonyl (C=O) groups is 1. The van der Waals surface area contributed by atoms with E-state index in [9.17, 15) is 4.79 Å². The van der Waals surface area contributed by atoms with E-state index >= 15 is 0 Å². The Morgan fingerprint density at radius 1 is 1.09 bits per heavy atom. The van der Waals surface area contributed by atoms with Crippen molar-refractivity contribution in [3.63, 3.8) is 0 Å². The Bertz CT molecular complexity index is 678. The molecule has 2 bridgehead atoms. The zero-order chi connectivity index (χ0) is 14.7. The second-order valence-electron chi connectivity index (χ2n) is 7.17. The zero-order valence-electron chi connectivity index (χ0n) is 12.6. The van der Waals surface area contributed by atoms with E-state index < -0.39 is 0 Å². The molecule has 5 nitrogen and oxygen atoms in total. The fourth-order valence-electron chi connectivity index (χ4n) is 5.11. The normalized spacial score (nSPS) is 33.4. The smallest absolute Gasteiger partial charge is 0.274 e. The monoisotopic (exact) mass is 296 g/mol. The maximum absolute atomic E-state index is 12.8. The standard InChI is InChI=1S/C17H20N4O/c22-16(15-10-20-7-1-6-18-17(20)19-15)21-8-13-11-2-3-12(5-4-11)14(13)9-21/h1,6-7,10-14H,2-5,8-9H2/t11?,12?,13-,14+. The molecule has 4 aliphatic rings. The lowest BCUT2D eigenvalue weighted by Gasteiger charge is -2.44. The van der Waals surface area contributed by atoms with Crippen molar-refractivity contribution in [2.75, 3.05) is 13.1 Å². The lowest BCUT2D eigenvalue weighted by atomic mass is 9.60. The van der Waals surface area contributed by atoms with Gasteiger partial charge in [0, 0.05) is 31.7 Å². The summed E-state index contributed by atoms with van der Waals surface area (Å²) in [5.74, 6) is 3.88. The number of hydrogen-bond donors (Lipinski definition) is 0. The summed E-state index contributed by atoms with van der Waals surface area (Å²) < 4.78 is 1.82. The molecule has 114 valence electrons. The second kappa shape index (κ2) is 4.54. The van der Waals surface area contributed by atoms with Crippen molar-refractivity contribution in [3.05, 3.63) is 30.4 Å². The van der Waals surface area contributed by atoms with Crippen molar-refractivity contribution in [2.24, 2.45) is 23.7 Å². The summed E-state index contributed by atoms with van der Waals surface area (Å²) in [4.78, 5) is 23.5. The van der Waals surface area contributed by atoms with Crippen molar-refractivity contribution >= 4 is 11.7 Å². The van der Waals surface area contributed by atoms with E-state index in [0.29, 0.717) is 11.5 Å². The first-order valence-corrected chi connectivity index (χ1v) is 8.38. The third-order valence-corrected chi connectivity index (χ3v) is 6.18. The number of rotatable bonds is 1. The molecule has 6 rings (SSSR count). The molecule has 4 fully saturated rings. The van der Waals surface area contributed by atoms with E-state index in [0.717, 1.165) is 36.8 Å². The quantitative estimate of drug-likeness (QED) is 0.811. The van der Waals surface area contributed by atoms with Crippen LogP contribution in [0.2, 0.25) is 0 Å². The predicted molar refractivity (Wildman–Crippen MR) is 81.3 cm³/mol. The second-order valence-corrected chi connectivity index (χ2v) is 7.17. The minimum absolute atomic E-state index is 0.0827. The van der Waals surface area contributed by atoms with Crippen LogP contribution in [0.1, 0.15) is 36.2 Å². The number of amides is 1. The molecule has 0 unspecified atom stereocenters. The van der Waals surface area contributed by atoms with Gasteiger partial charge in [-0.3, -0.25) is 9.20 Å². The summed E-state index contributed by atoms with van der Waals surface area (Å²) in [6, 6.07) is 1.85. The molecule has 0 aromatic carbocycles. The van der Waals surface area contributed by atoms with Crippen molar-refractivity contribution in [3.8, 4) is 0 Å². The van der Waals surface area contributed by atoms with Gasteiger partial charge in [0.15, 0.2) is 0 Å². The molecule has 2 aromatic heterocycles. The minimum Gasteiger partial charge on any atom is -0.337 e. The van der Waals surface area contributed by atoms with Gasteiger partial charge < -0.3 is 4.90 Å². The molecule has 2 atom stereocenters. The Morgan fingerprint density at radius 2 is 1.77 bits per heavy atom. The van der Waals surface area contributed by atoms with Gasteiger partial charge in [0.05, 0.1) is 0 Å². The molecule has 0 radical (unpaired) electrons. The van der Waals surface area contributed by atoms with Gasteiger partial charge in [-0.2, -0.15) is 0 Å². The van der Waals surface area contributed by atoms with E-state index in [1.807, 2.05) is 21.6 Å². The number of imidazole rings is 1. The van der Waals surface area contributed by atoms with Crippen LogP contribution in [0.15, 0.2) is 24.7 Å². The Labute approximate surface area is 129 Å². The lowest BCUT2D eigenvalue weighted by Crippen LogP contribution is -2.38. The molecule has 22 heavy (non-hydrogen) atoms. The molecule has 1 aliphatic heterocycles. The summed E-state index contributed by atoms with van der Waals surface area (Å²) in [6.07, 6.45) is 10.9. The summed E-state index contributed by atoms with van der Waals surface area (Å²) in [7, 11) is 0. The first kappa shape index (κ1) is 12.6. The molecule has 1 saturated heterocycles. The summed E-state index contributed by atoms with van der Waals surface area (Å²) in [5.41, 5.74) is 0.532. The van der Waals surface area contributed by atoms with Crippen LogP contribution in [0.3, 0.4) is 0 Å². The fraction of sp³-hybridized carbons (Fsp3) is 0.588. The van der Waals surface area contributed by atoms with Gasteiger partial charge in [-0.05, 0) is 55.4 Å². The highest BCUT2D eigenvalue weighted by Crippen LogP contribution is 2.51. The third-order valence-electron chi connectivity index (χ3n) is 6.18. The van der Waals surface area contributed by atoms with Crippen LogP contribution < -0.4 is 0 Å². The largest absolute Gasteiger partial charge is 0.337 e. The average molecular weight is 296 g/mol. The van der Waals surface area contributed by atoms with E-state index in [1.54, 1.807) is 12.4 Å². The zero-order valence-corrected chi connectivity index (χ0v) is 12.6. The molecule has 0 N–H and O–H groups in total. The Morgan fingerprint density at radius 3 is 2.41 bits per heavy atom. The maximum atomic E-state index is 12.8. The number of aromatic nitrogens is 3. The number of fused-ring (bicyclic) bond motifs is 3. The van der Waals surface area contributed by atoms with Crippen LogP contribution in [0.5, 0.6) is 0 Å². The molecule has 3 heterocycles. The first-order chi connectivity index (χ1) is 10.8. The van der Waals surface area contributed by atoms with E-state index in [4.69, 9.17) is 0 Å². The highest BCUT2D eigenvalue weighted by molar-refractivity contribution is 5.93. The molecule has 3 saturated carbocycles. The van der Waals surface area contributed by atoms with Crippen molar-refractivity contribution in [2.45, 2.75) is 25.7 Å². The fourth-order valence-corrected chi connectivity index (χ4v) is 5.11. The maximum Gasteiger partial charge on any atom is 0.274 e. The molecule has 3 aliphatic carbocycles. The van der Waals surface area contributed by atoms with Crippen LogP contribution in [0.4, 0.5) is 0 Å². The Kier molecular flexibility index (Phi) is 2.60. The lowest BCUT2D eigenvalue weighted by molar-refractivity contribution is 0.0577. The molecule has 1 amide bonds. The summed E-state index contributed by atoms with van der Waals surface area (Å²) >= 11 is 0. The Hall–Kier alpha value is -1.91. The molecule has 0 spiro atoms. The number of hydrogen-bond acceptors (Lipinski definition) is 3. The molecular formula is C17H20N4O. The first-order valence-electron chi connectivity index (χ1n) is 8.38. The van der Waals surface area contributed by atoms with Gasteiger partial charge in [0.1, 0.15) is 5.69 Å². The van der Waals surface area contributed by atoms with Gasteiger partial charge in [-0.25, -0.2) is 9.97 Å². The third kappa shape index (κ3) is 1.74. The van der Waals surface area contributed by atoms with E-state index in [2.05, 4.69) is 9.97 Å². The van der Waals surface area contributed by atoms with Crippen LogP contribution >= 0.6 is 0 Å². The SMILES string of the molecule is O=C(c1cn2cccnc2n1)N1C[C@@H]2C3CCC(CC3)[C@@H]2C1. The van der Waals surface area contributed by atoms with Crippen molar-refractivity contribution in [1.82, 2.24) is 19.3 Å². The number of carbonyl (C=O) groups excluding carboxylic acids is 1. The van der Waals surface area contributed by atoms with Crippen LogP contribution in [0, 0.1) is 23.7 Å². The van der Waals surface area contributed by atoms with Crippen molar-refractivity contribution < 1.29 is 4.79 Å². The van der Waals surface area contributed by atoms with Gasteiger partial charge in [-0.15, -0.1) is 0 Å². The van der Waals surface area contributed by atoms with Gasteiger partial charge in [0.25, 0.3) is 5.91 Å². The van der Waals surface area contributed by atoms with Gasteiger partial charge >= 0.3 is 0 Å². The van der Waals surface area contributed by atoms with Crippen LogP contribution in [-0.2, 0) is 0 Å². The molecule has 5 heteroatoms. The van der Waals surface area contributed by atoms with Crippen LogP contribution in [0.25, 0.3) is 5.78 Å². The summed E-state index contributed by atoms with van der Waals surface area (Å²) in [6.45, 7) is 1.87. The summed E-state index contributed by atoms with van der Waals surface area (Å²) in [5, 5.41) is 0. The predicted octanol–water partition coefficient (Wildman–Crippen LogP) is 2.24. The van der Waals surface area contributed by atoms with Gasteiger partial charge in [0.2, 0.25) is 5.78 Å². The average Bonchev–Trinajstić information content (AvgIpc) is 3.20. The van der Waals surface area contributed by atoms with Crippen LogP contribution in [-0.4, -0.2) is 38.3 Å². The molecular weight excluding hydrogens is 276 g/mol. The Balaban J connectivity index is 1.42. The van der Waals surface area contributed by atoms with E-state index in [1.165, 1.54) is 25.7 Å². The highest BCUT2D eigenvalue weighted by atomic mass is 16.2.